The number of rotatable bonds is 3. The summed E-state index contributed by atoms with van der Waals surface area (Å²) in [5.41, 5.74) is 0.840. The zero-order chi connectivity index (χ0) is 9.84. The van der Waals surface area contributed by atoms with Crippen molar-refractivity contribution < 1.29 is 4.92 Å². The molecular formula is C8H8ClNO2S. The zero-order valence-electron chi connectivity index (χ0n) is 6.74. The molecule has 0 N–H and O–H groups in total. The molecule has 0 aliphatic heterocycles. The van der Waals surface area contributed by atoms with E-state index in [-0.39, 0.29) is 5.69 Å². The molecule has 0 atom stereocenters. The van der Waals surface area contributed by atoms with Crippen molar-refractivity contribution in [3.05, 3.63) is 38.9 Å². The van der Waals surface area contributed by atoms with Gasteiger partial charge in [0.15, 0.2) is 0 Å². The van der Waals surface area contributed by atoms with Crippen molar-refractivity contribution in [3.8, 4) is 0 Å². The molecule has 0 unspecified atom stereocenters. The van der Waals surface area contributed by atoms with Crippen molar-refractivity contribution in [2.24, 2.45) is 0 Å². The minimum absolute atomic E-state index is 0.0705. The van der Waals surface area contributed by atoms with Crippen LogP contribution in [0, 0.1) is 10.1 Å². The van der Waals surface area contributed by atoms with Crippen molar-refractivity contribution in [1.29, 1.82) is 0 Å². The minimum Gasteiger partial charge on any atom is -0.258 e. The van der Waals surface area contributed by atoms with E-state index >= 15 is 0 Å². The molecular weight excluding hydrogens is 210 g/mol. The lowest BCUT2D eigenvalue weighted by Gasteiger charge is -2.00. The fraction of sp³-hybridized carbons (Fsp3) is 0.250. The number of benzene rings is 1. The number of nitrogens with zero attached hydrogens (tertiary/aromatic N) is 1. The Kier molecular flexibility index (Phi) is 3.57. The van der Waals surface area contributed by atoms with Crippen LogP contribution in [0.5, 0.6) is 0 Å². The maximum Gasteiger partial charge on any atom is 0.269 e. The fourth-order valence-electron chi connectivity index (χ4n) is 0.987. The Morgan fingerprint density at radius 1 is 1.54 bits per heavy atom. The lowest BCUT2D eigenvalue weighted by Crippen LogP contribution is -1.92. The van der Waals surface area contributed by atoms with Crippen molar-refractivity contribution >= 4 is 29.9 Å². The largest absolute Gasteiger partial charge is 0.269 e. The average molecular weight is 218 g/mol. The quantitative estimate of drug-likeness (QED) is 0.481. The van der Waals surface area contributed by atoms with Crippen LogP contribution >= 0.6 is 24.2 Å². The molecule has 1 aromatic rings. The summed E-state index contributed by atoms with van der Waals surface area (Å²) in [6.07, 6.45) is 0.642. The van der Waals surface area contributed by atoms with Crippen molar-refractivity contribution in [3.63, 3.8) is 0 Å². The smallest absolute Gasteiger partial charge is 0.258 e. The summed E-state index contributed by atoms with van der Waals surface area (Å²) >= 11 is 9.86. The van der Waals surface area contributed by atoms with Gasteiger partial charge in [0.25, 0.3) is 5.69 Å². The molecule has 0 bridgehead atoms. The van der Waals surface area contributed by atoms with Crippen LogP contribution in [0.25, 0.3) is 0 Å². The first-order valence-corrected chi connectivity index (χ1v) is 4.70. The van der Waals surface area contributed by atoms with E-state index < -0.39 is 4.92 Å². The molecule has 13 heavy (non-hydrogen) atoms. The Morgan fingerprint density at radius 3 is 2.77 bits per heavy atom. The van der Waals surface area contributed by atoms with Gasteiger partial charge < -0.3 is 0 Å². The summed E-state index contributed by atoms with van der Waals surface area (Å²) in [7, 11) is 0. The predicted octanol–water partition coefficient (Wildman–Crippen LogP) is 2.72. The van der Waals surface area contributed by atoms with Crippen LogP contribution in [0.15, 0.2) is 18.2 Å². The molecule has 0 aromatic heterocycles. The summed E-state index contributed by atoms with van der Waals surface area (Å²) in [6.45, 7) is 0. The highest BCUT2D eigenvalue weighted by Gasteiger charge is 2.08. The third kappa shape index (κ3) is 2.60. The van der Waals surface area contributed by atoms with E-state index in [4.69, 9.17) is 11.6 Å². The maximum absolute atomic E-state index is 10.4. The molecule has 0 saturated heterocycles. The van der Waals surface area contributed by atoms with Crippen LogP contribution in [0.3, 0.4) is 0 Å². The first-order chi connectivity index (χ1) is 6.15. The molecule has 1 aromatic carbocycles. The molecule has 3 nitrogen and oxygen atoms in total. The zero-order valence-corrected chi connectivity index (χ0v) is 8.39. The summed E-state index contributed by atoms with van der Waals surface area (Å²) in [4.78, 5) is 9.98. The number of non-ortho nitro benzene ring substituents is 1. The Labute approximate surface area is 86.3 Å². The van der Waals surface area contributed by atoms with E-state index in [1.807, 2.05) is 0 Å². The number of hydrogen-bond acceptors (Lipinski definition) is 3. The van der Waals surface area contributed by atoms with Crippen molar-refractivity contribution in [2.75, 3.05) is 5.75 Å². The monoisotopic (exact) mass is 217 g/mol. The van der Waals surface area contributed by atoms with Crippen LogP contribution in [0.4, 0.5) is 5.69 Å². The SMILES string of the molecule is O=[N+]([O-])c1ccc(Cl)c(CCS)c1. The Morgan fingerprint density at radius 2 is 2.23 bits per heavy atom. The fourth-order valence-corrected chi connectivity index (χ4v) is 1.44. The highest BCUT2D eigenvalue weighted by molar-refractivity contribution is 7.80. The molecule has 0 fully saturated rings. The number of nitro groups is 1. The van der Waals surface area contributed by atoms with Crippen LogP contribution in [-0.2, 0) is 6.42 Å². The topological polar surface area (TPSA) is 43.1 Å². The molecule has 0 saturated carbocycles. The first-order valence-electron chi connectivity index (χ1n) is 3.69. The van der Waals surface area contributed by atoms with Gasteiger partial charge in [-0.25, -0.2) is 0 Å². The highest BCUT2D eigenvalue weighted by atomic mass is 35.5. The van der Waals surface area contributed by atoms with E-state index in [1.165, 1.54) is 12.1 Å². The molecule has 0 aliphatic rings. The molecule has 0 amide bonds. The van der Waals surface area contributed by atoms with E-state index in [9.17, 15) is 10.1 Å². The van der Waals surface area contributed by atoms with Gasteiger partial charge in [-0.2, -0.15) is 12.6 Å². The van der Waals surface area contributed by atoms with Crippen LogP contribution in [0.2, 0.25) is 5.02 Å². The lowest BCUT2D eigenvalue weighted by atomic mass is 10.1. The third-order valence-corrected chi connectivity index (χ3v) is 2.21. The lowest BCUT2D eigenvalue weighted by molar-refractivity contribution is -0.384. The number of halogens is 1. The molecule has 0 heterocycles. The van der Waals surface area contributed by atoms with E-state index in [1.54, 1.807) is 6.07 Å². The maximum atomic E-state index is 10.4. The van der Waals surface area contributed by atoms with Crippen LogP contribution in [-0.4, -0.2) is 10.7 Å². The number of aryl methyl sites for hydroxylation is 1. The second-order valence-electron chi connectivity index (χ2n) is 2.51. The van der Waals surface area contributed by atoms with Gasteiger partial charge in [-0.3, -0.25) is 10.1 Å². The normalized spacial score (nSPS) is 10.0. The number of thiol groups is 1. The molecule has 0 spiro atoms. The van der Waals surface area contributed by atoms with Gasteiger partial charge in [0.1, 0.15) is 0 Å². The highest BCUT2D eigenvalue weighted by Crippen LogP contribution is 2.22. The third-order valence-electron chi connectivity index (χ3n) is 1.62. The first kappa shape index (κ1) is 10.3. The Balaban J connectivity index is 3.03. The molecule has 0 radical (unpaired) electrons. The molecule has 0 aliphatic carbocycles. The number of nitro benzene ring substituents is 1. The predicted molar refractivity (Wildman–Crippen MR) is 55.7 cm³/mol. The minimum atomic E-state index is -0.432. The molecule has 70 valence electrons. The summed E-state index contributed by atoms with van der Waals surface area (Å²) < 4.78 is 0. The average Bonchev–Trinajstić information content (AvgIpc) is 2.08. The standard InChI is InChI=1S/C8H8ClNO2S/c9-8-2-1-7(10(11)12)5-6(8)3-4-13/h1-2,5,13H,3-4H2. The van der Waals surface area contributed by atoms with E-state index in [2.05, 4.69) is 12.6 Å². The van der Waals surface area contributed by atoms with Crippen molar-refractivity contribution in [2.45, 2.75) is 6.42 Å². The van der Waals surface area contributed by atoms with Crippen LogP contribution in [0.1, 0.15) is 5.56 Å². The summed E-state index contributed by atoms with van der Waals surface area (Å²) in [5, 5.41) is 11.0. The van der Waals surface area contributed by atoms with Gasteiger partial charge in [0.05, 0.1) is 4.92 Å². The molecule has 5 heteroatoms. The molecule has 1 rings (SSSR count). The van der Waals surface area contributed by atoms with Gasteiger partial charge in [0, 0.05) is 17.2 Å². The van der Waals surface area contributed by atoms with Gasteiger partial charge in [-0.1, -0.05) is 11.6 Å². The van der Waals surface area contributed by atoms with E-state index in [0.29, 0.717) is 17.2 Å². The number of hydrogen-bond donors (Lipinski definition) is 1. The van der Waals surface area contributed by atoms with E-state index in [0.717, 1.165) is 5.56 Å². The van der Waals surface area contributed by atoms with Crippen molar-refractivity contribution in [1.82, 2.24) is 0 Å². The summed E-state index contributed by atoms with van der Waals surface area (Å²) in [6, 6.07) is 4.42. The van der Waals surface area contributed by atoms with Crippen LogP contribution < -0.4 is 0 Å². The van der Waals surface area contributed by atoms with Gasteiger partial charge >= 0.3 is 0 Å². The van der Waals surface area contributed by atoms with Gasteiger partial charge in [-0.15, -0.1) is 0 Å². The second kappa shape index (κ2) is 4.48. The van der Waals surface area contributed by atoms with Gasteiger partial charge in [0.2, 0.25) is 0 Å². The Hall–Kier alpha value is -0.740. The second-order valence-corrected chi connectivity index (χ2v) is 3.36. The summed E-state index contributed by atoms with van der Waals surface area (Å²) in [5.74, 6) is 0.626. The Bertz CT molecular complexity index is 330. The van der Waals surface area contributed by atoms with Gasteiger partial charge in [-0.05, 0) is 23.8 Å².